The van der Waals surface area contributed by atoms with Gasteiger partial charge in [0.05, 0.1) is 18.4 Å². The second kappa shape index (κ2) is 9.01. The molecule has 1 N–H and O–H groups in total. The molecule has 0 aliphatic carbocycles. The monoisotopic (exact) mass is 395 g/mol. The van der Waals surface area contributed by atoms with E-state index in [-0.39, 0.29) is 18.4 Å². The zero-order valence-electron chi connectivity index (χ0n) is 15.1. The van der Waals surface area contributed by atoms with Crippen molar-refractivity contribution < 1.29 is 14.3 Å². The standard InChI is InChI=1S/C21H18ClN3O3/c1-25(21(27)15-5-3-2-4-6-15)14-19(26)24-17-9-12-20(23-13-17)28-18-10-7-16(22)8-11-18/h2-13H,14H2,1H3,(H,24,26). The molecule has 3 aromatic rings. The van der Waals surface area contributed by atoms with Crippen LogP contribution in [0.5, 0.6) is 11.6 Å². The molecule has 0 saturated heterocycles. The van der Waals surface area contributed by atoms with Crippen molar-refractivity contribution in [1.29, 1.82) is 0 Å². The molecule has 0 bridgehead atoms. The molecule has 142 valence electrons. The van der Waals surface area contributed by atoms with E-state index in [0.29, 0.717) is 27.9 Å². The van der Waals surface area contributed by atoms with Gasteiger partial charge in [-0.1, -0.05) is 29.8 Å². The van der Waals surface area contributed by atoms with Gasteiger partial charge in [-0.2, -0.15) is 0 Å². The van der Waals surface area contributed by atoms with Crippen LogP contribution in [0.4, 0.5) is 5.69 Å². The van der Waals surface area contributed by atoms with E-state index in [9.17, 15) is 9.59 Å². The molecule has 0 radical (unpaired) electrons. The van der Waals surface area contributed by atoms with E-state index in [2.05, 4.69) is 10.3 Å². The lowest BCUT2D eigenvalue weighted by molar-refractivity contribution is -0.116. The molecule has 1 aromatic heterocycles. The Balaban J connectivity index is 1.54. The van der Waals surface area contributed by atoms with Gasteiger partial charge < -0.3 is 15.0 Å². The van der Waals surface area contributed by atoms with Crippen molar-refractivity contribution in [3.8, 4) is 11.6 Å². The number of nitrogens with zero attached hydrogens (tertiary/aromatic N) is 2. The Morgan fingerprint density at radius 1 is 1.04 bits per heavy atom. The van der Waals surface area contributed by atoms with Crippen molar-refractivity contribution in [2.45, 2.75) is 0 Å². The van der Waals surface area contributed by atoms with Crippen molar-refractivity contribution in [1.82, 2.24) is 9.88 Å². The highest BCUT2D eigenvalue weighted by Crippen LogP contribution is 2.22. The molecule has 3 rings (SSSR count). The molecular formula is C21H18ClN3O3. The molecule has 28 heavy (non-hydrogen) atoms. The van der Waals surface area contributed by atoms with Crippen molar-refractivity contribution in [3.63, 3.8) is 0 Å². The molecular weight excluding hydrogens is 378 g/mol. The maximum atomic E-state index is 12.3. The summed E-state index contributed by atoms with van der Waals surface area (Å²) in [6.07, 6.45) is 1.49. The number of hydrogen-bond acceptors (Lipinski definition) is 4. The summed E-state index contributed by atoms with van der Waals surface area (Å²) in [5, 5.41) is 3.33. The van der Waals surface area contributed by atoms with E-state index in [4.69, 9.17) is 16.3 Å². The fraction of sp³-hybridized carbons (Fsp3) is 0.0952. The van der Waals surface area contributed by atoms with Crippen LogP contribution in [0.15, 0.2) is 72.9 Å². The van der Waals surface area contributed by atoms with E-state index < -0.39 is 0 Å². The number of benzene rings is 2. The number of rotatable bonds is 6. The third kappa shape index (κ3) is 5.31. The molecule has 0 aliphatic rings. The number of carbonyl (C=O) groups is 2. The zero-order chi connectivity index (χ0) is 19.9. The molecule has 2 amide bonds. The van der Waals surface area contributed by atoms with Crippen LogP contribution >= 0.6 is 11.6 Å². The Kier molecular flexibility index (Phi) is 6.24. The highest BCUT2D eigenvalue weighted by molar-refractivity contribution is 6.30. The Hall–Kier alpha value is -3.38. The van der Waals surface area contributed by atoms with Crippen LogP contribution < -0.4 is 10.1 Å². The average Bonchev–Trinajstić information content (AvgIpc) is 2.71. The van der Waals surface area contributed by atoms with Gasteiger partial charge in [-0.25, -0.2) is 4.98 Å². The SMILES string of the molecule is CN(CC(=O)Nc1ccc(Oc2ccc(Cl)cc2)nc1)C(=O)c1ccccc1. The normalized spacial score (nSPS) is 10.2. The highest BCUT2D eigenvalue weighted by atomic mass is 35.5. The van der Waals surface area contributed by atoms with Crippen LogP contribution in [0.25, 0.3) is 0 Å². The minimum Gasteiger partial charge on any atom is -0.439 e. The third-order valence-corrected chi connectivity index (χ3v) is 4.06. The zero-order valence-corrected chi connectivity index (χ0v) is 15.9. The summed E-state index contributed by atoms with van der Waals surface area (Å²) >= 11 is 5.84. The van der Waals surface area contributed by atoms with Gasteiger partial charge >= 0.3 is 0 Å². The molecule has 0 saturated carbocycles. The van der Waals surface area contributed by atoms with Crippen LogP contribution in [0.2, 0.25) is 5.02 Å². The van der Waals surface area contributed by atoms with E-state index in [1.54, 1.807) is 67.7 Å². The van der Waals surface area contributed by atoms with Gasteiger partial charge in [0.25, 0.3) is 5.91 Å². The molecule has 0 aliphatic heterocycles. The Morgan fingerprint density at radius 2 is 1.75 bits per heavy atom. The van der Waals surface area contributed by atoms with Gasteiger partial charge in [0.2, 0.25) is 11.8 Å². The quantitative estimate of drug-likeness (QED) is 0.677. The first-order valence-corrected chi connectivity index (χ1v) is 8.89. The van der Waals surface area contributed by atoms with Crippen LogP contribution in [0.3, 0.4) is 0 Å². The molecule has 0 unspecified atom stereocenters. The second-order valence-corrected chi connectivity index (χ2v) is 6.45. The van der Waals surface area contributed by atoms with Crippen molar-refractivity contribution in [3.05, 3.63) is 83.5 Å². The predicted molar refractivity (Wildman–Crippen MR) is 108 cm³/mol. The van der Waals surface area contributed by atoms with Gasteiger partial charge in [-0.3, -0.25) is 9.59 Å². The van der Waals surface area contributed by atoms with E-state index in [0.717, 1.165) is 0 Å². The van der Waals surface area contributed by atoms with Gasteiger partial charge in [-0.05, 0) is 42.5 Å². The van der Waals surface area contributed by atoms with Gasteiger partial charge in [0.15, 0.2) is 0 Å². The fourth-order valence-corrected chi connectivity index (χ4v) is 2.55. The second-order valence-electron chi connectivity index (χ2n) is 6.02. The van der Waals surface area contributed by atoms with Crippen LogP contribution in [-0.4, -0.2) is 35.3 Å². The maximum absolute atomic E-state index is 12.3. The number of ether oxygens (including phenoxy) is 1. The number of pyridine rings is 1. The lowest BCUT2D eigenvalue weighted by Crippen LogP contribution is -2.34. The Labute approximate surface area is 167 Å². The first kappa shape index (κ1) is 19.4. The molecule has 0 spiro atoms. The lowest BCUT2D eigenvalue weighted by Gasteiger charge is -2.16. The minimum atomic E-state index is -0.319. The predicted octanol–water partition coefficient (Wildman–Crippen LogP) is 4.24. The first-order chi connectivity index (χ1) is 13.5. The number of hydrogen-bond donors (Lipinski definition) is 1. The Bertz CT molecular complexity index is 945. The van der Waals surface area contributed by atoms with Crippen molar-refractivity contribution >= 4 is 29.1 Å². The molecule has 2 aromatic carbocycles. The summed E-state index contributed by atoms with van der Waals surface area (Å²) in [7, 11) is 1.58. The summed E-state index contributed by atoms with van der Waals surface area (Å²) < 4.78 is 5.60. The van der Waals surface area contributed by atoms with Crippen LogP contribution in [0, 0.1) is 0 Å². The molecule has 0 fully saturated rings. The van der Waals surface area contributed by atoms with E-state index in [1.807, 2.05) is 6.07 Å². The number of anilines is 1. The topological polar surface area (TPSA) is 71.5 Å². The first-order valence-electron chi connectivity index (χ1n) is 8.51. The fourth-order valence-electron chi connectivity index (χ4n) is 2.43. The summed E-state index contributed by atoms with van der Waals surface area (Å²) in [5.41, 5.74) is 1.04. The van der Waals surface area contributed by atoms with Crippen LogP contribution in [0.1, 0.15) is 10.4 Å². The summed E-state index contributed by atoms with van der Waals surface area (Å²) in [6.45, 7) is -0.0727. The van der Waals surface area contributed by atoms with E-state index in [1.165, 1.54) is 11.1 Å². The van der Waals surface area contributed by atoms with Gasteiger partial charge in [-0.15, -0.1) is 0 Å². The minimum absolute atomic E-state index is 0.0727. The number of amides is 2. The smallest absolute Gasteiger partial charge is 0.254 e. The third-order valence-electron chi connectivity index (χ3n) is 3.80. The maximum Gasteiger partial charge on any atom is 0.254 e. The summed E-state index contributed by atoms with van der Waals surface area (Å²) in [4.78, 5) is 30.0. The number of carbonyl (C=O) groups excluding carboxylic acids is 2. The largest absolute Gasteiger partial charge is 0.439 e. The van der Waals surface area contributed by atoms with Gasteiger partial charge in [0, 0.05) is 23.7 Å². The van der Waals surface area contributed by atoms with E-state index >= 15 is 0 Å². The average molecular weight is 396 g/mol. The number of likely N-dealkylation sites (N-methyl/N-ethyl adjacent to an activating group) is 1. The molecule has 7 heteroatoms. The highest BCUT2D eigenvalue weighted by Gasteiger charge is 2.14. The summed E-state index contributed by atoms with van der Waals surface area (Å²) in [6, 6.07) is 19.0. The Morgan fingerprint density at radius 3 is 2.39 bits per heavy atom. The van der Waals surface area contributed by atoms with Crippen LogP contribution in [-0.2, 0) is 4.79 Å². The molecule has 0 atom stereocenters. The summed E-state index contributed by atoms with van der Waals surface area (Å²) in [5.74, 6) is 0.451. The molecule has 6 nitrogen and oxygen atoms in total. The lowest BCUT2D eigenvalue weighted by atomic mass is 10.2. The van der Waals surface area contributed by atoms with Gasteiger partial charge in [0.1, 0.15) is 5.75 Å². The van der Waals surface area contributed by atoms with Crippen molar-refractivity contribution in [2.75, 3.05) is 18.9 Å². The van der Waals surface area contributed by atoms with Crippen molar-refractivity contribution in [2.24, 2.45) is 0 Å². The number of aromatic nitrogens is 1. The number of halogens is 1. The number of nitrogens with one attached hydrogen (secondary N) is 1. The molecule has 1 heterocycles.